The quantitative estimate of drug-likeness (QED) is 0.614. The average Bonchev–Trinajstić information content (AvgIpc) is 3.26. The first-order valence-corrected chi connectivity index (χ1v) is 9.83. The molecule has 0 bridgehead atoms. The zero-order chi connectivity index (χ0) is 21.8. The van der Waals surface area contributed by atoms with Gasteiger partial charge in [0.2, 0.25) is 5.91 Å². The first-order chi connectivity index (χ1) is 13.5. The summed E-state index contributed by atoms with van der Waals surface area (Å²) in [6.45, 7) is 8.69. The standard InChI is InChI=1S/C21H32N3O5/c1-6-21(2,3)11-15(24-10-7-14(12-24)20(27)28)19(26)22-18-16(25)13-29-17(18)8-9-23(4)5/h7,10,12,15,17-18H,1,6,8-9,11,13H2,2-5H3,(H,22,26)(H,27,28). The molecule has 2 N–H and O–H groups in total. The zero-order valence-electron chi connectivity index (χ0n) is 17.7. The summed E-state index contributed by atoms with van der Waals surface area (Å²) in [4.78, 5) is 38.7. The van der Waals surface area contributed by atoms with Crippen molar-refractivity contribution in [3.63, 3.8) is 0 Å². The molecular formula is C21H32N3O5. The van der Waals surface area contributed by atoms with Crippen LogP contribution >= 0.6 is 0 Å². The van der Waals surface area contributed by atoms with E-state index >= 15 is 0 Å². The predicted octanol–water partition coefficient (Wildman–Crippen LogP) is 1.77. The summed E-state index contributed by atoms with van der Waals surface area (Å²) < 4.78 is 7.19. The first-order valence-electron chi connectivity index (χ1n) is 9.83. The van der Waals surface area contributed by atoms with E-state index in [4.69, 9.17) is 4.74 Å². The second-order valence-corrected chi connectivity index (χ2v) is 8.68. The summed E-state index contributed by atoms with van der Waals surface area (Å²) in [5, 5.41) is 12.1. The van der Waals surface area contributed by atoms with Crippen LogP contribution in [0.1, 0.15) is 49.5 Å². The summed E-state index contributed by atoms with van der Waals surface area (Å²) in [7, 11) is 3.88. The molecule has 0 aromatic carbocycles. The van der Waals surface area contributed by atoms with Gasteiger partial charge in [-0.05, 0) is 44.8 Å². The Kier molecular flexibility index (Phi) is 7.60. The van der Waals surface area contributed by atoms with E-state index < -0.39 is 18.1 Å². The lowest BCUT2D eigenvalue weighted by Crippen LogP contribution is -2.48. The van der Waals surface area contributed by atoms with Gasteiger partial charge in [-0.2, -0.15) is 0 Å². The van der Waals surface area contributed by atoms with Crippen molar-refractivity contribution in [3.8, 4) is 0 Å². The van der Waals surface area contributed by atoms with Crippen LogP contribution in [-0.2, 0) is 14.3 Å². The van der Waals surface area contributed by atoms with Crippen molar-refractivity contribution >= 4 is 17.7 Å². The predicted molar refractivity (Wildman–Crippen MR) is 109 cm³/mol. The third kappa shape index (κ3) is 6.14. The van der Waals surface area contributed by atoms with Gasteiger partial charge in [0.15, 0.2) is 5.78 Å². The molecule has 8 heteroatoms. The van der Waals surface area contributed by atoms with Crippen LogP contribution in [0.15, 0.2) is 18.5 Å². The number of amides is 1. The molecule has 1 aromatic heterocycles. The fourth-order valence-corrected chi connectivity index (χ4v) is 3.33. The lowest BCUT2D eigenvalue weighted by Gasteiger charge is -2.30. The summed E-state index contributed by atoms with van der Waals surface area (Å²) in [5.41, 5.74) is -0.129. The van der Waals surface area contributed by atoms with Gasteiger partial charge in [-0.15, -0.1) is 0 Å². The second-order valence-electron chi connectivity index (χ2n) is 8.68. The highest BCUT2D eigenvalue weighted by atomic mass is 16.5. The van der Waals surface area contributed by atoms with Crippen LogP contribution in [0.2, 0.25) is 0 Å². The number of carbonyl (C=O) groups excluding carboxylic acids is 2. The smallest absolute Gasteiger partial charge is 0.337 e. The van der Waals surface area contributed by atoms with E-state index in [1.807, 2.05) is 32.8 Å². The van der Waals surface area contributed by atoms with Crippen molar-refractivity contribution in [1.29, 1.82) is 0 Å². The van der Waals surface area contributed by atoms with Crippen molar-refractivity contribution in [2.75, 3.05) is 27.2 Å². The Morgan fingerprint density at radius 3 is 2.69 bits per heavy atom. The number of rotatable bonds is 10. The molecule has 0 saturated carbocycles. The van der Waals surface area contributed by atoms with Crippen molar-refractivity contribution in [3.05, 3.63) is 30.9 Å². The number of carboxylic acids is 1. The van der Waals surface area contributed by atoms with Gasteiger partial charge in [0.1, 0.15) is 18.7 Å². The Labute approximate surface area is 172 Å². The van der Waals surface area contributed by atoms with Gasteiger partial charge in [0, 0.05) is 18.9 Å². The maximum atomic E-state index is 13.2. The highest BCUT2D eigenvalue weighted by Crippen LogP contribution is 2.32. The number of carboxylic acid groups (broad SMARTS) is 1. The summed E-state index contributed by atoms with van der Waals surface area (Å²) in [6.07, 6.45) is 4.37. The van der Waals surface area contributed by atoms with Crippen molar-refractivity contribution in [1.82, 2.24) is 14.8 Å². The highest BCUT2D eigenvalue weighted by Gasteiger charge is 2.39. The molecule has 3 atom stereocenters. The Morgan fingerprint density at radius 2 is 2.14 bits per heavy atom. The number of ketones is 1. The monoisotopic (exact) mass is 406 g/mol. The molecular weight excluding hydrogens is 374 g/mol. The molecule has 1 fully saturated rings. The Bertz CT molecular complexity index is 740. The molecule has 1 saturated heterocycles. The third-order valence-electron chi connectivity index (χ3n) is 5.36. The summed E-state index contributed by atoms with van der Waals surface area (Å²) >= 11 is 0. The molecule has 1 aliphatic heterocycles. The van der Waals surface area contributed by atoms with E-state index in [-0.39, 0.29) is 35.4 Å². The number of nitrogens with zero attached hydrogens (tertiary/aromatic N) is 2. The first kappa shape index (κ1) is 23.1. The largest absolute Gasteiger partial charge is 0.478 e. The molecule has 29 heavy (non-hydrogen) atoms. The van der Waals surface area contributed by atoms with Gasteiger partial charge in [-0.3, -0.25) is 9.59 Å². The molecule has 1 radical (unpaired) electrons. The van der Waals surface area contributed by atoms with Crippen molar-refractivity contribution < 1.29 is 24.2 Å². The van der Waals surface area contributed by atoms with Crippen molar-refractivity contribution in [2.45, 2.75) is 51.3 Å². The summed E-state index contributed by atoms with van der Waals surface area (Å²) in [6, 6.07) is 0.119. The van der Waals surface area contributed by atoms with Crippen LogP contribution in [0.4, 0.5) is 0 Å². The van der Waals surface area contributed by atoms with Gasteiger partial charge in [0.05, 0.1) is 11.7 Å². The highest BCUT2D eigenvalue weighted by molar-refractivity contribution is 5.93. The fourth-order valence-electron chi connectivity index (χ4n) is 3.33. The minimum absolute atomic E-state index is 0.00916. The van der Waals surface area contributed by atoms with Gasteiger partial charge in [-0.25, -0.2) is 4.79 Å². The van der Waals surface area contributed by atoms with Crippen LogP contribution in [-0.4, -0.2) is 71.6 Å². The average molecular weight is 407 g/mol. The van der Waals surface area contributed by atoms with Crippen LogP contribution in [0.25, 0.3) is 0 Å². The maximum Gasteiger partial charge on any atom is 0.337 e. The van der Waals surface area contributed by atoms with E-state index in [1.54, 1.807) is 10.8 Å². The minimum atomic E-state index is -1.05. The number of aromatic nitrogens is 1. The van der Waals surface area contributed by atoms with Crippen LogP contribution in [0, 0.1) is 12.3 Å². The Hall–Kier alpha value is -2.19. The zero-order valence-corrected chi connectivity index (χ0v) is 17.7. The number of hydrogen-bond donors (Lipinski definition) is 2. The number of aromatic carboxylic acids is 1. The molecule has 1 amide bonds. The Balaban J connectivity index is 2.21. The van der Waals surface area contributed by atoms with Crippen LogP contribution < -0.4 is 5.32 Å². The maximum absolute atomic E-state index is 13.2. The molecule has 2 heterocycles. The van der Waals surface area contributed by atoms with E-state index in [9.17, 15) is 19.5 Å². The molecule has 161 valence electrons. The van der Waals surface area contributed by atoms with Gasteiger partial charge in [0.25, 0.3) is 0 Å². The fraction of sp³-hybridized carbons (Fsp3) is 0.619. The van der Waals surface area contributed by atoms with E-state index in [0.717, 1.165) is 6.54 Å². The SMILES string of the molecule is [CH2]CC(C)(C)CC(C(=O)NC1C(=O)COC1CCN(C)C)n1ccc(C(=O)O)c1. The molecule has 0 spiro atoms. The second kappa shape index (κ2) is 9.54. The number of carbonyl (C=O) groups is 3. The normalized spacial score (nSPS) is 20.8. The van der Waals surface area contributed by atoms with Crippen molar-refractivity contribution in [2.24, 2.45) is 5.41 Å². The Morgan fingerprint density at radius 1 is 1.45 bits per heavy atom. The van der Waals surface area contributed by atoms with Gasteiger partial charge < -0.3 is 24.6 Å². The molecule has 1 aliphatic rings. The number of nitrogens with one attached hydrogen (secondary N) is 1. The molecule has 0 aliphatic carbocycles. The van der Waals surface area contributed by atoms with E-state index in [1.165, 1.54) is 12.3 Å². The number of Topliss-reactive ketones (excluding diaryl/α,β-unsaturated/α-hetero) is 1. The van der Waals surface area contributed by atoms with E-state index in [2.05, 4.69) is 12.2 Å². The topological polar surface area (TPSA) is 101 Å². The van der Waals surface area contributed by atoms with E-state index in [0.29, 0.717) is 19.3 Å². The summed E-state index contributed by atoms with van der Waals surface area (Å²) in [5.74, 6) is -1.52. The minimum Gasteiger partial charge on any atom is -0.478 e. The molecule has 8 nitrogen and oxygen atoms in total. The van der Waals surface area contributed by atoms with Crippen LogP contribution in [0.5, 0.6) is 0 Å². The van der Waals surface area contributed by atoms with Gasteiger partial charge in [-0.1, -0.05) is 20.8 Å². The lowest BCUT2D eigenvalue weighted by molar-refractivity contribution is -0.129. The third-order valence-corrected chi connectivity index (χ3v) is 5.36. The molecule has 2 rings (SSSR count). The molecule has 1 aromatic rings. The number of hydrogen-bond acceptors (Lipinski definition) is 5. The number of ether oxygens (including phenoxy) is 1. The lowest BCUT2D eigenvalue weighted by atomic mass is 9.83. The molecule has 3 unspecified atom stereocenters. The van der Waals surface area contributed by atoms with Gasteiger partial charge >= 0.3 is 5.97 Å². The van der Waals surface area contributed by atoms with Crippen LogP contribution in [0.3, 0.4) is 0 Å².